The van der Waals surface area contributed by atoms with E-state index in [1.807, 2.05) is 0 Å². The average Bonchev–Trinajstić information content (AvgIpc) is 3.97. The lowest BCUT2D eigenvalue weighted by molar-refractivity contribution is -0.145. The molecule has 3 aliphatic rings. The highest BCUT2D eigenvalue weighted by molar-refractivity contribution is 8.76. The summed E-state index contributed by atoms with van der Waals surface area (Å²) in [6.07, 6.45) is 10.7. The van der Waals surface area contributed by atoms with E-state index in [2.05, 4.69) is 33.5 Å². The summed E-state index contributed by atoms with van der Waals surface area (Å²) < 4.78 is 0. The molecule has 3 fully saturated rings. The lowest BCUT2D eigenvalue weighted by Gasteiger charge is -2.32. The zero-order chi connectivity index (χ0) is 54.2. The Morgan fingerprint density at radius 3 is 1.77 bits per heavy atom. The van der Waals surface area contributed by atoms with Gasteiger partial charge in [0.05, 0.1) is 18.3 Å². The zero-order valence-electron chi connectivity index (χ0n) is 43.2. The number of amides is 8. The summed E-state index contributed by atoms with van der Waals surface area (Å²) in [4.78, 5) is 114. The molecular formula is C51H83N9O12S2. The third-order valence-electron chi connectivity index (χ3n) is 13.7. The van der Waals surface area contributed by atoms with Crippen molar-refractivity contribution in [2.45, 2.75) is 203 Å². The summed E-state index contributed by atoms with van der Waals surface area (Å²) in [5.41, 5.74) is 12.2. The molecule has 21 nitrogen and oxygen atoms in total. The summed E-state index contributed by atoms with van der Waals surface area (Å²) in [6, 6.07) is -3.41. The summed E-state index contributed by atoms with van der Waals surface area (Å²) in [5.74, 6) is -6.51. The van der Waals surface area contributed by atoms with Crippen LogP contribution in [0.5, 0.6) is 5.75 Å². The normalized spacial score (nSPS) is 26.3. The topological polar surface area (TPSA) is 336 Å². The Hall–Kier alpha value is -4.68. The van der Waals surface area contributed by atoms with E-state index < -0.39 is 108 Å². The first kappa shape index (κ1) is 61.9. The van der Waals surface area contributed by atoms with E-state index >= 15 is 0 Å². The number of carbonyl (C=O) groups is 8. The number of hydrogen-bond donors (Lipinski definition) is 11. The number of aryl methyl sites for hydroxylation is 1. The van der Waals surface area contributed by atoms with Gasteiger partial charge in [-0.3, -0.25) is 38.4 Å². The van der Waals surface area contributed by atoms with Crippen molar-refractivity contribution in [1.82, 2.24) is 36.4 Å². The number of carbonyl (C=O) groups excluding carboxylic acids is 8. The number of phenols is 1. The van der Waals surface area contributed by atoms with E-state index in [1.54, 1.807) is 12.1 Å². The molecule has 0 radical (unpaired) electrons. The van der Waals surface area contributed by atoms with E-state index in [4.69, 9.17) is 11.5 Å². The number of nitrogens with two attached hydrogens (primary N) is 2. The molecule has 74 heavy (non-hydrogen) atoms. The number of nitrogens with zero attached hydrogens (tertiary/aromatic N) is 2. The van der Waals surface area contributed by atoms with Crippen molar-refractivity contribution in [3.8, 4) is 5.75 Å². The maximum absolute atomic E-state index is 14.4. The fraction of sp³-hybridized carbons (Fsp3) is 0.725. The van der Waals surface area contributed by atoms with Crippen molar-refractivity contribution < 1.29 is 58.8 Å². The SMILES string of the molecule is CCCCCCCCCCCCCCCC(=O)N[C@H]1CSSC[C@@H](C(N)=O)NC(=O)[C@@H]2C[C@@H](O)CN2C(=O)[C@H](CCCN)NC(=O)[C@H](CCc2ccc(O)cc2)NC(=O)[C@@H]2C[C@@H](O)CN2C(=O)[C@H]([C@@H](C)O)NC1=O. The van der Waals surface area contributed by atoms with Gasteiger partial charge in [0.1, 0.15) is 48.0 Å². The standard InChI is InChI=1S/C51H83N9O12S2/c1-3-4-5-6-7-8-9-10-11-12-13-14-15-18-43(65)54-40-31-74-73-30-39(45(53)66)57-49(70)41-26-35(63)28-59(41)50(71)38(17-16-25-52)56-46(67)37(24-21-33-19-22-34(62)23-20-33)55-48(69)42-27-36(64)29-60(42)51(72)44(32(2)61)58-47(40)68/h19-20,22-23,32,35-42,44,61-64H,3-18,21,24-31,52H2,1-2H3,(H2,53,66)(H,54,65)(H,55,69)(H,56,67)(H,57,70)(H,58,68)/t32-,35-,36-,37+,38+,39+,40+,41+,42+,44+/m1/s1. The van der Waals surface area contributed by atoms with E-state index in [0.29, 0.717) is 12.0 Å². The molecule has 416 valence electrons. The number of primary amides is 1. The maximum Gasteiger partial charge on any atom is 0.248 e. The summed E-state index contributed by atoms with van der Waals surface area (Å²) in [6.45, 7) is 2.95. The van der Waals surface area contributed by atoms with Crippen molar-refractivity contribution in [3.63, 3.8) is 0 Å². The molecule has 0 spiro atoms. The Morgan fingerprint density at radius 2 is 1.22 bits per heavy atom. The molecule has 10 atom stereocenters. The van der Waals surface area contributed by atoms with Gasteiger partial charge in [-0.05, 0) is 63.3 Å². The van der Waals surface area contributed by atoms with E-state index in [1.165, 1.54) is 70.4 Å². The second-order valence-electron chi connectivity index (χ2n) is 19.9. The van der Waals surface area contributed by atoms with Crippen LogP contribution in [0.4, 0.5) is 0 Å². The highest BCUT2D eigenvalue weighted by Crippen LogP contribution is 2.26. The molecule has 0 unspecified atom stereocenters. The van der Waals surface area contributed by atoms with Crippen molar-refractivity contribution in [2.75, 3.05) is 31.1 Å². The van der Waals surface area contributed by atoms with E-state index in [0.717, 1.165) is 57.1 Å². The molecule has 1 aromatic rings. The number of aromatic hydroxyl groups is 1. The van der Waals surface area contributed by atoms with Gasteiger partial charge >= 0.3 is 0 Å². The Bertz CT molecular complexity index is 1990. The van der Waals surface area contributed by atoms with Crippen LogP contribution < -0.4 is 38.1 Å². The zero-order valence-corrected chi connectivity index (χ0v) is 44.8. The number of aliphatic hydroxyl groups is 3. The Balaban J connectivity index is 1.59. The van der Waals surface area contributed by atoms with Crippen LogP contribution in [0.15, 0.2) is 24.3 Å². The molecular weight excluding hydrogens is 995 g/mol. The first-order valence-corrected chi connectivity index (χ1v) is 29.1. The van der Waals surface area contributed by atoms with Crippen molar-refractivity contribution in [3.05, 3.63) is 29.8 Å². The highest BCUT2D eigenvalue weighted by Gasteiger charge is 2.45. The van der Waals surface area contributed by atoms with Gasteiger partial charge in [-0.15, -0.1) is 0 Å². The molecule has 1 aromatic carbocycles. The van der Waals surface area contributed by atoms with Crippen LogP contribution in [-0.4, -0.2) is 169 Å². The Labute approximate surface area is 443 Å². The first-order valence-electron chi connectivity index (χ1n) is 26.6. The van der Waals surface area contributed by atoms with Crippen LogP contribution in [0.3, 0.4) is 0 Å². The lowest BCUT2D eigenvalue weighted by atomic mass is 10.0. The minimum Gasteiger partial charge on any atom is -0.508 e. The third kappa shape index (κ3) is 20.5. The fourth-order valence-corrected chi connectivity index (χ4v) is 11.8. The van der Waals surface area contributed by atoms with Gasteiger partial charge < -0.3 is 68.3 Å². The molecule has 8 amide bonds. The molecule has 4 rings (SSSR count). The van der Waals surface area contributed by atoms with Gasteiger partial charge in [-0.2, -0.15) is 0 Å². The van der Waals surface area contributed by atoms with Crippen LogP contribution >= 0.6 is 21.6 Å². The molecule has 3 heterocycles. The average molecular weight is 1080 g/mol. The van der Waals surface area contributed by atoms with Gasteiger partial charge in [0, 0.05) is 43.9 Å². The van der Waals surface area contributed by atoms with Crippen LogP contribution in [0.1, 0.15) is 141 Å². The summed E-state index contributed by atoms with van der Waals surface area (Å²) in [5, 5.41) is 55.8. The number of phenolic OH excluding ortho intramolecular Hbond substituents is 1. The van der Waals surface area contributed by atoms with Gasteiger partial charge in [0.2, 0.25) is 47.3 Å². The maximum atomic E-state index is 14.4. The smallest absolute Gasteiger partial charge is 0.248 e. The van der Waals surface area contributed by atoms with Gasteiger partial charge in [-0.25, -0.2) is 0 Å². The molecule has 0 bridgehead atoms. The monoisotopic (exact) mass is 1080 g/mol. The number of benzene rings is 1. The molecule has 3 aliphatic heterocycles. The summed E-state index contributed by atoms with van der Waals surface area (Å²) in [7, 11) is 2.12. The molecule has 0 aromatic heterocycles. The van der Waals surface area contributed by atoms with Gasteiger partial charge in [-0.1, -0.05) is 118 Å². The lowest BCUT2D eigenvalue weighted by Crippen LogP contribution is -2.61. The van der Waals surface area contributed by atoms with E-state index in [9.17, 15) is 58.8 Å². The number of rotatable bonds is 23. The number of unbranched alkanes of at least 4 members (excludes halogenated alkanes) is 12. The van der Waals surface area contributed by atoms with Crippen molar-refractivity contribution in [2.24, 2.45) is 11.5 Å². The Kier molecular flexibility index (Phi) is 27.3. The van der Waals surface area contributed by atoms with Gasteiger partial charge in [0.25, 0.3) is 0 Å². The van der Waals surface area contributed by atoms with Gasteiger partial charge in [0.15, 0.2) is 0 Å². The second kappa shape index (κ2) is 32.7. The minimum atomic E-state index is -1.66. The van der Waals surface area contributed by atoms with Crippen LogP contribution in [0.25, 0.3) is 0 Å². The first-order chi connectivity index (χ1) is 35.4. The quantitative estimate of drug-likeness (QED) is 0.0541. The predicted octanol–water partition coefficient (Wildman–Crippen LogP) is 1.15. The Morgan fingerprint density at radius 1 is 0.689 bits per heavy atom. The molecule has 0 saturated carbocycles. The number of hydrogen-bond acceptors (Lipinski definition) is 15. The summed E-state index contributed by atoms with van der Waals surface area (Å²) >= 11 is 0. The largest absolute Gasteiger partial charge is 0.508 e. The van der Waals surface area contributed by atoms with Crippen LogP contribution in [0.2, 0.25) is 0 Å². The highest BCUT2D eigenvalue weighted by atomic mass is 33.1. The molecule has 13 N–H and O–H groups in total. The van der Waals surface area contributed by atoms with E-state index in [-0.39, 0.29) is 81.8 Å². The fourth-order valence-electron chi connectivity index (χ4n) is 9.44. The molecule has 3 saturated heterocycles. The van der Waals surface area contributed by atoms with Crippen molar-refractivity contribution >= 4 is 68.8 Å². The second-order valence-corrected chi connectivity index (χ2v) is 22.5. The number of fused-ring (bicyclic) bond motifs is 2. The van der Waals surface area contributed by atoms with Crippen LogP contribution in [-0.2, 0) is 44.8 Å². The van der Waals surface area contributed by atoms with Crippen molar-refractivity contribution in [1.29, 1.82) is 0 Å². The number of aliphatic hydroxyl groups excluding tert-OH is 3. The molecule has 23 heteroatoms. The minimum absolute atomic E-state index is 0.00283. The third-order valence-corrected chi connectivity index (χ3v) is 16.2. The molecule has 0 aliphatic carbocycles. The number of nitrogens with one attached hydrogen (secondary N) is 5. The van der Waals surface area contributed by atoms with Crippen LogP contribution in [0, 0.1) is 0 Å². The predicted molar refractivity (Wildman–Crippen MR) is 283 cm³/mol.